The predicted molar refractivity (Wildman–Crippen MR) is 78.5 cm³/mol. The second-order valence-corrected chi connectivity index (χ2v) is 6.07. The van der Waals surface area contributed by atoms with Crippen LogP contribution in [0.1, 0.15) is 29.9 Å². The summed E-state index contributed by atoms with van der Waals surface area (Å²) in [7, 11) is 1.97. The number of likely N-dealkylation sites (tertiary alicyclic amines) is 1. The van der Waals surface area contributed by atoms with Crippen LogP contribution < -0.4 is 5.73 Å². The number of piperidine rings is 1. The van der Waals surface area contributed by atoms with Crippen LogP contribution in [0.2, 0.25) is 0 Å². The number of benzene rings is 1. The van der Waals surface area contributed by atoms with Gasteiger partial charge >= 0.3 is 6.18 Å². The van der Waals surface area contributed by atoms with E-state index in [4.69, 9.17) is 5.73 Å². The van der Waals surface area contributed by atoms with Crippen molar-refractivity contribution in [2.24, 2.45) is 11.1 Å². The first-order valence-corrected chi connectivity index (χ1v) is 7.34. The third-order valence-electron chi connectivity index (χ3n) is 4.70. The molecule has 1 aliphatic heterocycles. The van der Waals surface area contributed by atoms with E-state index in [1.165, 1.54) is 6.07 Å². The van der Waals surface area contributed by atoms with E-state index < -0.39 is 17.2 Å². The van der Waals surface area contributed by atoms with E-state index in [2.05, 4.69) is 4.90 Å². The minimum Gasteiger partial charge on any atom is -0.330 e. The molecule has 0 amide bonds. The van der Waals surface area contributed by atoms with Crippen molar-refractivity contribution in [1.82, 2.24) is 4.90 Å². The van der Waals surface area contributed by atoms with Crippen LogP contribution in [0.3, 0.4) is 0 Å². The summed E-state index contributed by atoms with van der Waals surface area (Å²) in [6, 6.07) is 5.19. The van der Waals surface area contributed by atoms with Crippen LogP contribution in [0.5, 0.6) is 0 Å². The number of aldehydes is 1. The van der Waals surface area contributed by atoms with Gasteiger partial charge in [-0.1, -0.05) is 18.2 Å². The fraction of sp³-hybridized carbons (Fsp3) is 0.562. The van der Waals surface area contributed by atoms with E-state index in [0.29, 0.717) is 18.4 Å². The molecule has 0 radical (unpaired) electrons. The van der Waals surface area contributed by atoms with Crippen molar-refractivity contribution in [3.8, 4) is 0 Å². The number of nitrogens with two attached hydrogens (primary N) is 1. The lowest BCUT2D eigenvalue weighted by molar-refractivity contribution is -0.137. The standard InChI is InChI=1S/C16H21F3N2O/c1-21-7-5-15(11-22,6-8-21)14(10-20)12-3-2-4-13(9-12)16(17,18)19/h2-4,9,11,14H,5-8,10,20H2,1H3. The van der Waals surface area contributed by atoms with E-state index >= 15 is 0 Å². The van der Waals surface area contributed by atoms with Gasteiger partial charge in [-0.05, 0) is 44.6 Å². The van der Waals surface area contributed by atoms with Gasteiger partial charge in [-0.25, -0.2) is 0 Å². The van der Waals surface area contributed by atoms with Crippen molar-refractivity contribution in [2.45, 2.75) is 24.9 Å². The highest BCUT2D eigenvalue weighted by molar-refractivity contribution is 5.62. The second kappa shape index (κ2) is 6.38. The molecule has 2 rings (SSSR count). The van der Waals surface area contributed by atoms with Crippen LogP contribution in [-0.4, -0.2) is 37.9 Å². The zero-order valence-electron chi connectivity index (χ0n) is 12.6. The van der Waals surface area contributed by atoms with Gasteiger partial charge in [0.1, 0.15) is 6.29 Å². The van der Waals surface area contributed by atoms with Crippen molar-refractivity contribution >= 4 is 6.29 Å². The molecule has 1 aliphatic rings. The summed E-state index contributed by atoms with van der Waals surface area (Å²) >= 11 is 0. The van der Waals surface area contributed by atoms with Gasteiger partial charge in [0.15, 0.2) is 0 Å². The Balaban J connectivity index is 2.37. The Bertz CT molecular complexity index is 522. The number of hydrogen-bond acceptors (Lipinski definition) is 3. The van der Waals surface area contributed by atoms with Crippen molar-refractivity contribution in [3.05, 3.63) is 35.4 Å². The van der Waals surface area contributed by atoms with Gasteiger partial charge in [-0.15, -0.1) is 0 Å². The molecule has 1 aromatic carbocycles. The number of hydrogen-bond donors (Lipinski definition) is 1. The summed E-state index contributed by atoms with van der Waals surface area (Å²) < 4.78 is 38.7. The lowest BCUT2D eigenvalue weighted by Crippen LogP contribution is -2.44. The summed E-state index contributed by atoms with van der Waals surface area (Å²) in [4.78, 5) is 13.9. The minimum atomic E-state index is -4.39. The number of rotatable bonds is 4. The largest absolute Gasteiger partial charge is 0.416 e. The van der Waals surface area contributed by atoms with Crippen LogP contribution in [-0.2, 0) is 11.0 Å². The predicted octanol–water partition coefficient (Wildman–Crippen LogP) is 2.66. The molecule has 0 aliphatic carbocycles. The highest BCUT2D eigenvalue weighted by Crippen LogP contribution is 2.43. The first-order chi connectivity index (χ1) is 10.3. The summed E-state index contributed by atoms with van der Waals surface area (Å²) in [5.41, 5.74) is 4.96. The normalized spacial score (nSPS) is 20.6. The molecule has 0 aromatic heterocycles. The van der Waals surface area contributed by atoms with Crippen LogP contribution in [0.4, 0.5) is 13.2 Å². The van der Waals surface area contributed by atoms with E-state index in [1.54, 1.807) is 6.07 Å². The van der Waals surface area contributed by atoms with Crippen molar-refractivity contribution in [2.75, 3.05) is 26.7 Å². The molecule has 0 bridgehead atoms. The van der Waals surface area contributed by atoms with E-state index in [1.807, 2.05) is 7.05 Å². The highest BCUT2D eigenvalue weighted by Gasteiger charge is 2.41. The molecule has 1 heterocycles. The molecular formula is C16H21F3N2O. The van der Waals surface area contributed by atoms with Crippen LogP contribution in [0.15, 0.2) is 24.3 Å². The molecule has 1 unspecified atom stereocenters. The fourth-order valence-electron chi connectivity index (χ4n) is 3.22. The van der Waals surface area contributed by atoms with Crippen LogP contribution in [0, 0.1) is 5.41 Å². The molecule has 0 saturated carbocycles. The summed E-state index contributed by atoms with van der Waals surface area (Å²) in [5.74, 6) is -0.388. The minimum absolute atomic E-state index is 0.157. The molecular weight excluding hydrogens is 293 g/mol. The maximum absolute atomic E-state index is 12.9. The summed E-state index contributed by atoms with van der Waals surface area (Å²) in [5, 5.41) is 0. The topological polar surface area (TPSA) is 46.3 Å². The fourth-order valence-corrected chi connectivity index (χ4v) is 3.22. The zero-order chi connectivity index (χ0) is 16.4. The zero-order valence-corrected chi connectivity index (χ0v) is 12.6. The molecule has 1 atom stereocenters. The average Bonchev–Trinajstić information content (AvgIpc) is 2.50. The third-order valence-corrected chi connectivity index (χ3v) is 4.70. The molecule has 2 N–H and O–H groups in total. The Labute approximate surface area is 128 Å². The van der Waals surface area contributed by atoms with E-state index in [9.17, 15) is 18.0 Å². The Kier molecular flexibility index (Phi) is 4.92. The molecule has 1 saturated heterocycles. The van der Waals surface area contributed by atoms with Crippen LogP contribution in [0.25, 0.3) is 0 Å². The molecule has 22 heavy (non-hydrogen) atoms. The SMILES string of the molecule is CN1CCC(C=O)(C(CN)c2cccc(C(F)(F)F)c2)CC1. The van der Waals surface area contributed by atoms with Gasteiger partial charge in [0, 0.05) is 17.9 Å². The lowest BCUT2D eigenvalue weighted by Gasteiger charge is -2.42. The van der Waals surface area contributed by atoms with Gasteiger partial charge in [0.25, 0.3) is 0 Å². The lowest BCUT2D eigenvalue weighted by atomic mass is 9.67. The summed E-state index contributed by atoms with van der Waals surface area (Å²) in [6.07, 6.45) is -2.26. The first-order valence-electron chi connectivity index (χ1n) is 7.34. The van der Waals surface area contributed by atoms with Gasteiger partial charge < -0.3 is 15.4 Å². The number of carbonyl (C=O) groups is 1. The third kappa shape index (κ3) is 3.33. The number of halogens is 3. The van der Waals surface area contributed by atoms with Crippen molar-refractivity contribution in [3.63, 3.8) is 0 Å². The maximum atomic E-state index is 12.9. The monoisotopic (exact) mass is 314 g/mol. The van der Waals surface area contributed by atoms with Gasteiger partial charge in [0.2, 0.25) is 0 Å². The molecule has 1 aromatic rings. The smallest absolute Gasteiger partial charge is 0.330 e. The Morgan fingerprint density at radius 2 is 2.00 bits per heavy atom. The van der Waals surface area contributed by atoms with Crippen LogP contribution >= 0.6 is 0 Å². The number of carbonyl (C=O) groups excluding carboxylic acids is 1. The quantitative estimate of drug-likeness (QED) is 0.869. The van der Waals surface area contributed by atoms with Crippen molar-refractivity contribution < 1.29 is 18.0 Å². The molecule has 3 nitrogen and oxygen atoms in total. The first kappa shape index (κ1) is 17.0. The Morgan fingerprint density at radius 3 is 2.50 bits per heavy atom. The van der Waals surface area contributed by atoms with Gasteiger partial charge in [0.05, 0.1) is 5.56 Å². The van der Waals surface area contributed by atoms with Crippen molar-refractivity contribution in [1.29, 1.82) is 0 Å². The second-order valence-electron chi connectivity index (χ2n) is 6.07. The number of nitrogens with zero attached hydrogens (tertiary/aromatic N) is 1. The maximum Gasteiger partial charge on any atom is 0.416 e. The van der Waals surface area contributed by atoms with Gasteiger partial charge in [-0.3, -0.25) is 0 Å². The Morgan fingerprint density at radius 1 is 1.36 bits per heavy atom. The summed E-state index contributed by atoms with van der Waals surface area (Å²) in [6.45, 7) is 1.65. The van der Waals surface area contributed by atoms with Gasteiger partial charge in [-0.2, -0.15) is 13.2 Å². The van der Waals surface area contributed by atoms with E-state index in [0.717, 1.165) is 31.5 Å². The highest BCUT2D eigenvalue weighted by atomic mass is 19.4. The molecule has 122 valence electrons. The van der Waals surface area contributed by atoms with E-state index in [-0.39, 0.29) is 12.5 Å². The number of alkyl halides is 3. The Hall–Kier alpha value is -1.40. The molecule has 0 spiro atoms. The average molecular weight is 314 g/mol. The molecule has 6 heteroatoms. The molecule has 1 fully saturated rings.